The molecule has 3 heteroatoms. The number of furan rings is 1. The third-order valence-electron chi connectivity index (χ3n) is 2.87. The average molecular weight is 243 g/mol. The Morgan fingerprint density at radius 3 is 2.56 bits per heavy atom. The summed E-state index contributed by atoms with van der Waals surface area (Å²) < 4.78 is 5.30. The molecule has 0 amide bonds. The maximum Gasteiger partial charge on any atom is 0.176 e. The topological polar surface area (TPSA) is 33.5 Å². The average Bonchev–Trinajstić information content (AvgIpc) is 2.91. The summed E-state index contributed by atoms with van der Waals surface area (Å²) in [7, 11) is 0. The summed E-state index contributed by atoms with van der Waals surface area (Å²) in [6, 6.07) is 13.2. The highest BCUT2D eigenvalue weighted by molar-refractivity contribution is 5.97. The smallest absolute Gasteiger partial charge is 0.176 e. The van der Waals surface area contributed by atoms with Gasteiger partial charge in [0.05, 0.1) is 19.4 Å². The predicted octanol–water partition coefficient (Wildman–Crippen LogP) is 2.98. The predicted molar refractivity (Wildman–Crippen MR) is 70.4 cm³/mol. The summed E-state index contributed by atoms with van der Waals surface area (Å²) >= 11 is 0. The van der Waals surface area contributed by atoms with Crippen molar-refractivity contribution >= 4 is 5.78 Å². The summed E-state index contributed by atoms with van der Waals surface area (Å²) in [4.78, 5) is 14.1. The lowest BCUT2D eigenvalue weighted by molar-refractivity contribution is 0.0925. The number of benzene rings is 1. The molecule has 0 aliphatic carbocycles. The van der Waals surface area contributed by atoms with Crippen molar-refractivity contribution in [2.45, 2.75) is 13.5 Å². The highest BCUT2D eigenvalue weighted by Crippen LogP contribution is 2.07. The van der Waals surface area contributed by atoms with Crippen LogP contribution in [0.4, 0.5) is 0 Å². The number of hydrogen-bond acceptors (Lipinski definition) is 3. The molecule has 1 aromatic carbocycles. The van der Waals surface area contributed by atoms with Crippen LogP contribution in [0.3, 0.4) is 0 Å². The van der Waals surface area contributed by atoms with Gasteiger partial charge in [0.1, 0.15) is 5.76 Å². The number of carbonyl (C=O) groups excluding carboxylic acids is 1. The van der Waals surface area contributed by atoms with Gasteiger partial charge in [0.25, 0.3) is 0 Å². The summed E-state index contributed by atoms with van der Waals surface area (Å²) in [6.45, 7) is 3.95. The molecule has 0 radical (unpaired) electrons. The van der Waals surface area contributed by atoms with Crippen LogP contribution < -0.4 is 0 Å². The second-order valence-electron chi connectivity index (χ2n) is 4.17. The van der Waals surface area contributed by atoms with E-state index >= 15 is 0 Å². The lowest BCUT2D eigenvalue weighted by Crippen LogP contribution is -2.29. The minimum atomic E-state index is 0.143. The second-order valence-corrected chi connectivity index (χ2v) is 4.17. The van der Waals surface area contributed by atoms with Crippen molar-refractivity contribution < 1.29 is 9.21 Å². The van der Waals surface area contributed by atoms with Crippen molar-refractivity contribution in [2.24, 2.45) is 0 Å². The van der Waals surface area contributed by atoms with Crippen LogP contribution in [0.1, 0.15) is 23.0 Å². The molecule has 0 spiro atoms. The molecule has 18 heavy (non-hydrogen) atoms. The lowest BCUT2D eigenvalue weighted by atomic mass is 10.1. The Kier molecular flexibility index (Phi) is 4.31. The zero-order valence-corrected chi connectivity index (χ0v) is 10.5. The summed E-state index contributed by atoms with van der Waals surface area (Å²) in [5.74, 6) is 1.03. The van der Waals surface area contributed by atoms with Gasteiger partial charge in [0, 0.05) is 5.56 Å². The fourth-order valence-corrected chi connectivity index (χ4v) is 1.82. The zero-order valence-electron chi connectivity index (χ0n) is 10.5. The molecule has 0 bridgehead atoms. The fourth-order valence-electron chi connectivity index (χ4n) is 1.82. The summed E-state index contributed by atoms with van der Waals surface area (Å²) in [5.41, 5.74) is 0.760. The first-order valence-corrected chi connectivity index (χ1v) is 6.12. The molecule has 2 rings (SSSR count). The molecule has 1 aromatic heterocycles. The van der Waals surface area contributed by atoms with Crippen LogP contribution in [-0.2, 0) is 6.54 Å². The summed E-state index contributed by atoms with van der Waals surface area (Å²) in [5, 5.41) is 0. The van der Waals surface area contributed by atoms with E-state index in [1.54, 1.807) is 6.26 Å². The Morgan fingerprint density at radius 1 is 1.17 bits per heavy atom. The van der Waals surface area contributed by atoms with Crippen molar-refractivity contribution in [3.05, 3.63) is 60.1 Å². The minimum Gasteiger partial charge on any atom is -0.468 e. The third kappa shape index (κ3) is 3.31. The number of Topliss-reactive ketones (excluding diaryl/α,β-unsaturated/α-hetero) is 1. The van der Waals surface area contributed by atoms with Gasteiger partial charge in [0.15, 0.2) is 5.78 Å². The number of hydrogen-bond donors (Lipinski definition) is 0. The van der Waals surface area contributed by atoms with Crippen LogP contribution >= 0.6 is 0 Å². The lowest BCUT2D eigenvalue weighted by Gasteiger charge is -2.18. The van der Waals surface area contributed by atoms with Gasteiger partial charge in [0.2, 0.25) is 0 Å². The van der Waals surface area contributed by atoms with Crippen LogP contribution in [0.5, 0.6) is 0 Å². The highest BCUT2D eigenvalue weighted by Gasteiger charge is 2.12. The number of likely N-dealkylation sites (N-methyl/N-ethyl adjacent to an activating group) is 1. The molecule has 0 atom stereocenters. The van der Waals surface area contributed by atoms with Gasteiger partial charge in [-0.05, 0) is 18.7 Å². The Labute approximate surface area is 107 Å². The van der Waals surface area contributed by atoms with E-state index in [2.05, 4.69) is 4.90 Å². The molecule has 3 nitrogen and oxygen atoms in total. The first-order chi connectivity index (χ1) is 8.79. The quantitative estimate of drug-likeness (QED) is 0.731. The third-order valence-corrected chi connectivity index (χ3v) is 2.87. The molecule has 0 saturated heterocycles. The Hall–Kier alpha value is -1.87. The standard InChI is InChI=1S/C15H17NO2/c1-2-16(11-14-9-6-10-18-14)12-15(17)13-7-4-3-5-8-13/h3-10H,2,11-12H2,1H3. The van der Waals surface area contributed by atoms with E-state index in [1.807, 2.05) is 49.4 Å². The Balaban J connectivity index is 1.96. The van der Waals surface area contributed by atoms with E-state index in [0.29, 0.717) is 13.1 Å². The van der Waals surface area contributed by atoms with Gasteiger partial charge in [-0.1, -0.05) is 37.3 Å². The fraction of sp³-hybridized carbons (Fsp3) is 0.267. The van der Waals surface area contributed by atoms with E-state index in [4.69, 9.17) is 4.42 Å². The zero-order chi connectivity index (χ0) is 12.8. The number of rotatable bonds is 6. The molecular formula is C15H17NO2. The van der Waals surface area contributed by atoms with Crippen molar-refractivity contribution in [1.82, 2.24) is 4.90 Å². The van der Waals surface area contributed by atoms with Crippen LogP contribution in [0, 0.1) is 0 Å². The van der Waals surface area contributed by atoms with Crippen molar-refractivity contribution in [1.29, 1.82) is 0 Å². The van der Waals surface area contributed by atoms with Gasteiger partial charge in [-0.15, -0.1) is 0 Å². The number of nitrogens with zero attached hydrogens (tertiary/aromatic N) is 1. The molecular weight excluding hydrogens is 226 g/mol. The molecule has 94 valence electrons. The van der Waals surface area contributed by atoms with Gasteiger partial charge < -0.3 is 4.42 Å². The largest absolute Gasteiger partial charge is 0.468 e. The monoisotopic (exact) mass is 243 g/mol. The van der Waals surface area contributed by atoms with E-state index < -0.39 is 0 Å². The molecule has 0 saturated carbocycles. The van der Waals surface area contributed by atoms with Crippen molar-refractivity contribution in [3.8, 4) is 0 Å². The molecule has 0 fully saturated rings. The van der Waals surface area contributed by atoms with E-state index in [-0.39, 0.29) is 5.78 Å². The van der Waals surface area contributed by atoms with Crippen molar-refractivity contribution in [3.63, 3.8) is 0 Å². The molecule has 0 unspecified atom stereocenters. The minimum absolute atomic E-state index is 0.143. The second kappa shape index (κ2) is 6.17. The van der Waals surface area contributed by atoms with E-state index in [1.165, 1.54) is 0 Å². The van der Waals surface area contributed by atoms with Crippen LogP contribution in [0.2, 0.25) is 0 Å². The van der Waals surface area contributed by atoms with Crippen LogP contribution in [0.25, 0.3) is 0 Å². The molecule has 0 aliphatic rings. The molecule has 1 heterocycles. The Bertz CT molecular complexity index is 476. The number of ketones is 1. The highest BCUT2D eigenvalue weighted by atomic mass is 16.3. The molecule has 0 aliphatic heterocycles. The van der Waals surface area contributed by atoms with E-state index in [0.717, 1.165) is 17.9 Å². The summed E-state index contributed by atoms with van der Waals surface area (Å²) in [6.07, 6.45) is 1.65. The SMILES string of the molecule is CCN(CC(=O)c1ccccc1)Cc1ccco1. The maximum atomic E-state index is 12.1. The van der Waals surface area contributed by atoms with E-state index in [9.17, 15) is 4.79 Å². The Morgan fingerprint density at radius 2 is 1.94 bits per heavy atom. The van der Waals surface area contributed by atoms with Gasteiger partial charge >= 0.3 is 0 Å². The van der Waals surface area contributed by atoms with Crippen molar-refractivity contribution in [2.75, 3.05) is 13.1 Å². The molecule has 0 N–H and O–H groups in total. The first kappa shape index (κ1) is 12.6. The maximum absolute atomic E-state index is 12.1. The van der Waals surface area contributed by atoms with Gasteiger partial charge in [-0.2, -0.15) is 0 Å². The van der Waals surface area contributed by atoms with Gasteiger partial charge in [-0.25, -0.2) is 0 Å². The molecule has 2 aromatic rings. The van der Waals surface area contributed by atoms with Crippen LogP contribution in [0.15, 0.2) is 53.1 Å². The number of carbonyl (C=O) groups is 1. The normalized spacial score (nSPS) is 10.8. The van der Waals surface area contributed by atoms with Crippen LogP contribution in [-0.4, -0.2) is 23.8 Å². The first-order valence-electron chi connectivity index (χ1n) is 6.12. The van der Waals surface area contributed by atoms with Gasteiger partial charge in [-0.3, -0.25) is 9.69 Å².